The van der Waals surface area contributed by atoms with Crippen LogP contribution < -0.4 is 10.6 Å². The number of aliphatic imine (C=N–C) groups is 1. The second-order valence-corrected chi connectivity index (χ2v) is 7.63. The highest BCUT2D eigenvalue weighted by Gasteiger charge is 2.38. The van der Waals surface area contributed by atoms with Crippen LogP contribution in [0.2, 0.25) is 0 Å². The molecule has 25 heavy (non-hydrogen) atoms. The maximum absolute atomic E-state index is 4.42. The van der Waals surface area contributed by atoms with Crippen molar-refractivity contribution in [3.05, 3.63) is 17.5 Å². The van der Waals surface area contributed by atoms with Gasteiger partial charge in [0.2, 0.25) is 0 Å². The van der Waals surface area contributed by atoms with E-state index in [0.717, 1.165) is 24.7 Å². The molecule has 3 rings (SSSR count). The second kappa shape index (κ2) is 8.70. The highest BCUT2D eigenvalue weighted by atomic mass is 15.3. The van der Waals surface area contributed by atoms with Gasteiger partial charge >= 0.3 is 0 Å². The Balaban J connectivity index is 1.58. The van der Waals surface area contributed by atoms with E-state index < -0.39 is 0 Å². The first-order chi connectivity index (χ1) is 12.2. The molecule has 0 bridgehead atoms. The zero-order chi connectivity index (χ0) is 17.5. The van der Waals surface area contributed by atoms with Gasteiger partial charge in [-0.3, -0.25) is 15.0 Å². The minimum atomic E-state index is 0.321. The molecule has 3 N–H and O–H groups in total. The molecule has 1 aliphatic carbocycles. The van der Waals surface area contributed by atoms with Crippen molar-refractivity contribution in [2.45, 2.75) is 70.4 Å². The molecule has 2 fully saturated rings. The van der Waals surface area contributed by atoms with Gasteiger partial charge in [0.15, 0.2) is 5.96 Å². The van der Waals surface area contributed by atoms with E-state index in [-0.39, 0.29) is 0 Å². The van der Waals surface area contributed by atoms with Crippen LogP contribution in [-0.4, -0.2) is 53.3 Å². The molecular weight excluding hydrogens is 312 g/mol. The van der Waals surface area contributed by atoms with E-state index in [9.17, 15) is 0 Å². The van der Waals surface area contributed by atoms with E-state index in [4.69, 9.17) is 0 Å². The first-order valence-corrected chi connectivity index (χ1v) is 9.92. The topological polar surface area (TPSA) is 68.3 Å². The molecule has 2 heterocycles. The number of nitrogens with one attached hydrogen (secondary N) is 3. The number of H-pyrrole nitrogens is 1. The summed E-state index contributed by atoms with van der Waals surface area (Å²) < 4.78 is 0. The Hall–Kier alpha value is -1.56. The van der Waals surface area contributed by atoms with Crippen molar-refractivity contribution in [3.8, 4) is 0 Å². The van der Waals surface area contributed by atoms with E-state index in [1.54, 1.807) is 0 Å². The summed E-state index contributed by atoms with van der Waals surface area (Å²) in [5.74, 6) is 0.891. The normalized spacial score (nSPS) is 21.9. The quantitative estimate of drug-likeness (QED) is 0.566. The number of aromatic nitrogens is 2. The number of aryl methyl sites for hydroxylation is 1. The molecular formula is C19H34N6. The minimum Gasteiger partial charge on any atom is -0.355 e. The second-order valence-electron chi connectivity index (χ2n) is 7.63. The molecule has 0 atom stereocenters. The highest BCUT2D eigenvalue weighted by molar-refractivity contribution is 5.79. The summed E-state index contributed by atoms with van der Waals surface area (Å²) >= 11 is 0. The zero-order valence-corrected chi connectivity index (χ0v) is 15.9. The van der Waals surface area contributed by atoms with Gasteiger partial charge in [-0.15, -0.1) is 0 Å². The molecule has 140 valence electrons. The Morgan fingerprint density at radius 2 is 1.88 bits per heavy atom. The van der Waals surface area contributed by atoms with E-state index >= 15 is 0 Å². The number of rotatable bonds is 5. The summed E-state index contributed by atoms with van der Waals surface area (Å²) in [5, 5.41) is 14.1. The highest BCUT2D eigenvalue weighted by Crippen LogP contribution is 2.35. The van der Waals surface area contributed by atoms with Crippen LogP contribution in [0, 0.1) is 6.92 Å². The first-order valence-electron chi connectivity index (χ1n) is 9.92. The van der Waals surface area contributed by atoms with Crippen molar-refractivity contribution in [2.24, 2.45) is 4.99 Å². The number of aromatic amines is 1. The number of guanidine groups is 1. The lowest BCUT2D eigenvalue weighted by Crippen LogP contribution is -2.59. The average Bonchev–Trinajstić information content (AvgIpc) is 3.08. The molecule has 0 unspecified atom stereocenters. The number of likely N-dealkylation sites (tertiary alicyclic amines) is 1. The van der Waals surface area contributed by atoms with Gasteiger partial charge < -0.3 is 10.6 Å². The fourth-order valence-electron chi connectivity index (χ4n) is 4.38. The molecule has 0 spiro atoms. The standard InChI is InChI=1S/C19H34N6/c1-16-17(14-23-24-16)13-21-18(20-2)22-15-19(9-5-3-6-10-19)25-11-7-4-8-12-25/h14H,3-13,15H2,1-2H3,(H,23,24)(H2,20,21,22). The summed E-state index contributed by atoms with van der Waals surface area (Å²) in [6.45, 7) is 6.33. The van der Waals surface area contributed by atoms with E-state index in [1.807, 2.05) is 20.2 Å². The van der Waals surface area contributed by atoms with E-state index in [1.165, 1.54) is 70.0 Å². The molecule has 0 radical (unpaired) electrons. The molecule has 6 nitrogen and oxygen atoms in total. The van der Waals surface area contributed by atoms with Gasteiger partial charge in [0.25, 0.3) is 0 Å². The molecule has 0 aromatic carbocycles. The number of hydrogen-bond acceptors (Lipinski definition) is 3. The van der Waals surface area contributed by atoms with Crippen LogP contribution in [0.5, 0.6) is 0 Å². The Morgan fingerprint density at radius 3 is 2.52 bits per heavy atom. The van der Waals surface area contributed by atoms with Crippen molar-refractivity contribution >= 4 is 5.96 Å². The SMILES string of the molecule is CN=C(NCc1cn[nH]c1C)NCC1(N2CCCCC2)CCCCC1. The molecule has 2 aliphatic rings. The Morgan fingerprint density at radius 1 is 1.16 bits per heavy atom. The Labute approximate surface area is 151 Å². The third kappa shape index (κ3) is 4.54. The molecule has 1 saturated carbocycles. The van der Waals surface area contributed by atoms with Gasteiger partial charge in [-0.1, -0.05) is 25.7 Å². The minimum absolute atomic E-state index is 0.321. The maximum Gasteiger partial charge on any atom is 0.191 e. The largest absolute Gasteiger partial charge is 0.355 e. The smallest absolute Gasteiger partial charge is 0.191 e. The summed E-state index contributed by atoms with van der Waals surface area (Å²) in [6.07, 6.45) is 12.7. The Kier molecular flexibility index (Phi) is 6.34. The van der Waals surface area contributed by atoms with Crippen LogP contribution in [0.3, 0.4) is 0 Å². The summed E-state index contributed by atoms with van der Waals surface area (Å²) in [7, 11) is 1.85. The predicted octanol–water partition coefficient (Wildman–Crippen LogP) is 2.57. The molecule has 0 amide bonds. The van der Waals surface area contributed by atoms with E-state index in [0.29, 0.717) is 5.54 Å². The average molecular weight is 347 g/mol. The summed E-state index contributed by atoms with van der Waals surface area (Å²) in [4.78, 5) is 7.20. The lowest BCUT2D eigenvalue weighted by molar-refractivity contribution is 0.0368. The predicted molar refractivity (Wildman–Crippen MR) is 103 cm³/mol. The summed E-state index contributed by atoms with van der Waals surface area (Å²) in [6, 6.07) is 0. The maximum atomic E-state index is 4.42. The molecule has 1 saturated heterocycles. The number of hydrogen-bond donors (Lipinski definition) is 3. The van der Waals surface area contributed by atoms with Gasteiger partial charge in [0, 0.05) is 36.9 Å². The van der Waals surface area contributed by atoms with Gasteiger partial charge in [-0.05, 0) is 45.7 Å². The van der Waals surface area contributed by atoms with Crippen molar-refractivity contribution in [1.82, 2.24) is 25.7 Å². The number of piperidine rings is 1. The molecule has 1 aromatic rings. The molecule has 1 aromatic heterocycles. The fraction of sp³-hybridized carbons (Fsp3) is 0.789. The fourth-order valence-corrected chi connectivity index (χ4v) is 4.38. The first kappa shape index (κ1) is 18.2. The van der Waals surface area contributed by atoms with Gasteiger partial charge in [-0.2, -0.15) is 5.10 Å². The van der Waals surface area contributed by atoms with Gasteiger partial charge in [0.05, 0.1) is 6.20 Å². The zero-order valence-electron chi connectivity index (χ0n) is 15.9. The van der Waals surface area contributed by atoms with Crippen LogP contribution in [0.25, 0.3) is 0 Å². The van der Waals surface area contributed by atoms with Crippen LogP contribution in [0.4, 0.5) is 0 Å². The van der Waals surface area contributed by atoms with Gasteiger partial charge in [-0.25, -0.2) is 0 Å². The van der Waals surface area contributed by atoms with Crippen LogP contribution >= 0.6 is 0 Å². The third-order valence-corrected chi connectivity index (χ3v) is 6.00. The van der Waals surface area contributed by atoms with Crippen LogP contribution in [0.1, 0.15) is 62.6 Å². The van der Waals surface area contributed by atoms with Gasteiger partial charge in [0.1, 0.15) is 0 Å². The van der Waals surface area contributed by atoms with Crippen LogP contribution in [0.15, 0.2) is 11.2 Å². The van der Waals surface area contributed by atoms with Crippen molar-refractivity contribution in [2.75, 3.05) is 26.7 Å². The monoisotopic (exact) mass is 346 g/mol. The van der Waals surface area contributed by atoms with E-state index in [2.05, 4.69) is 30.7 Å². The third-order valence-electron chi connectivity index (χ3n) is 6.00. The lowest BCUT2D eigenvalue weighted by atomic mass is 9.79. The number of nitrogens with zero attached hydrogens (tertiary/aromatic N) is 3. The molecule has 1 aliphatic heterocycles. The Bertz CT molecular complexity index is 552. The summed E-state index contributed by atoms with van der Waals surface area (Å²) in [5.41, 5.74) is 2.62. The van der Waals surface area contributed by atoms with Crippen LogP contribution in [-0.2, 0) is 6.54 Å². The van der Waals surface area contributed by atoms with Crippen molar-refractivity contribution < 1.29 is 0 Å². The van der Waals surface area contributed by atoms with Crippen molar-refractivity contribution in [1.29, 1.82) is 0 Å². The van der Waals surface area contributed by atoms with Crippen molar-refractivity contribution in [3.63, 3.8) is 0 Å². The lowest BCUT2D eigenvalue weighted by Gasteiger charge is -2.48. The molecule has 6 heteroatoms.